The molecule has 1 rings (SSSR count). The van der Waals surface area contributed by atoms with Crippen LogP contribution in [0.1, 0.15) is 16.1 Å². The first-order chi connectivity index (χ1) is 9.60. The minimum atomic E-state index is -0.760. The zero-order valence-corrected chi connectivity index (χ0v) is 11.5. The summed E-state index contributed by atoms with van der Waals surface area (Å²) in [4.78, 5) is 17.6. The second-order valence-corrected chi connectivity index (χ2v) is 4.15. The van der Waals surface area contributed by atoms with Crippen LogP contribution in [-0.2, 0) is 4.74 Å². The van der Waals surface area contributed by atoms with Crippen molar-refractivity contribution in [3.8, 4) is 11.8 Å². The number of hydrogen-bond donors (Lipinski definition) is 2. The highest BCUT2D eigenvalue weighted by molar-refractivity contribution is 5.94. The second-order valence-electron chi connectivity index (χ2n) is 4.15. The lowest BCUT2D eigenvalue weighted by Gasteiger charge is -2.20. The molecule has 1 atom stereocenters. The third-order valence-corrected chi connectivity index (χ3v) is 2.50. The summed E-state index contributed by atoms with van der Waals surface area (Å²) >= 11 is 0. The molecule has 108 valence electrons. The van der Waals surface area contributed by atoms with Crippen molar-refractivity contribution in [1.29, 1.82) is 0 Å². The number of ether oxygens (including phenoxy) is 1. The molecule has 1 amide bonds. The zero-order valence-electron chi connectivity index (χ0n) is 11.5. The van der Waals surface area contributed by atoms with Gasteiger partial charge in [0.15, 0.2) is 0 Å². The van der Waals surface area contributed by atoms with E-state index in [1.807, 2.05) is 0 Å². The summed E-state index contributed by atoms with van der Waals surface area (Å²) in [5.74, 6) is 4.82. The van der Waals surface area contributed by atoms with Crippen molar-refractivity contribution < 1.29 is 19.7 Å². The van der Waals surface area contributed by atoms with Crippen LogP contribution in [0, 0.1) is 11.8 Å². The fourth-order valence-electron chi connectivity index (χ4n) is 1.64. The molecule has 20 heavy (non-hydrogen) atoms. The predicted octanol–water partition coefficient (Wildman–Crippen LogP) is -0.495. The van der Waals surface area contributed by atoms with Gasteiger partial charge in [0.2, 0.25) is 0 Å². The van der Waals surface area contributed by atoms with Crippen molar-refractivity contribution in [3.63, 3.8) is 0 Å². The van der Waals surface area contributed by atoms with Crippen molar-refractivity contribution >= 4 is 5.91 Å². The van der Waals surface area contributed by atoms with Crippen molar-refractivity contribution in [2.24, 2.45) is 0 Å². The molecule has 0 aromatic carbocycles. The minimum Gasteiger partial charge on any atom is -0.389 e. The Morgan fingerprint density at radius 2 is 2.35 bits per heavy atom. The van der Waals surface area contributed by atoms with Gasteiger partial charge in [0.05, 0.1) is 18.3 Å². The average molecular weight is 278 g/mol. The maximum Gasteiger partial charge on any atom is 0.273 e. The molecule has 0 fully saturated rings. The first-order valence-electron chi connectivity index (χ1n) is 6.07. The molecule has 1 aromatic rings. The topological polar surface area (TPSA) is 82.9 Å². The van der Waals surface area contributed by atoms with Crippen LogP contribution in [-0.4, -0.2) is 66.0 Å². The molecule has 0 saturated carbocycles. The van der Waals surface area contributed by atoms with E-state index in [4.69, 9.17) is 9.84 Å². The number of aromatic nitrogens is 1. The Labute approximate surface area is 118 Å². The first-order valence-corrected chi connectivity index (χ1v) is 6.07. The lowest BCUT2D eigenvalue weighted by atomic mass is 10.1. The molecule has 1 heterocycles. The molecule has 0 saturated heterocycles. The molecule has 1 aromatic heterocycles. The monoisotopic (exact) mass is 278 g/mol. The van der Waals surface area contributed by atoms with Crippen molar-refractivity contribution in [2.45, 2.75) is 6.10 Å². The van der Waals surface area contributed by atoms with Crippen LogP contribution >= 0.6 is 0 Å². The number of aliphatic hydroxyl groups is 2. The summed E-state index contributed by atoms with van der Waals surface area (Å²) in [6.07, 6.45) is 0.737. The fourth-order valence-corrected chi connectivity index (χ4v) is 1.64. The van der Waals surface area contributed by atoms with Crippen molar-refractivity contribution in [2.75, 3.05) is 33.9 Å². The number of hydrogen-bond acceptors (Lipinski definition) is 5. The van der Waals surface area contributed by atoms with E-state index in [2.05, 4.69) is 16.8 Å². The number of aliphatic hydroxyl groups excluding tert-OH is 2. The molecule has 0 bridgehead atoms. The van der Waals surface area contributed by atoms with Gasteiger partial charge in [-0.1, -0.05) is 11.8 Å². The number of rotatable bonds is 5. The smallest absolute Gasteiger partial charge is 0.273 e. The summed E-state index contributed by atoms with van der Waals surface area (Å²) in [6, 6.07) is 3.32. The van der Waals surface area contributed by atoms with E-state index >= 15 is 0 Å². The summed E-state index contributed by atoms with van der Waals surface area (Å²) in [7, 11) is 3.05. The fraction of sp³-hybridized carbons (Fsp3) is 0.429. The lowest BCUT2D eigenvalue weighted by molar-refractivity contribution is 0.0378. The predicted molar refractivity (Wildman–Crippen MR) is 73.0 cm³/mol. The normalized spacial score (nSPS) is 11.4. The van der Waals surface area contributed by atoms with Crippen LogP contribution < -0.4 is 0 Å². The van der Waals surface area contributed by atoms with Gasteiger partial charge in [-0.3, -0.25) is 4.79 Å². The van der Waals surface area contributed by atoms with Crippen LogP contribution in [0.2, 0.25) is 0 Å². The number of carbonyl (C=O) groups excluding carboxylic acids is 1. The Bertz CT molecular complexity index is 507. The largest absolute Gasteiger partial charge is 0.389 e. The molecule has 6 heteroatoms. The first kappa shape index (κ1) is 16.1. The van der Waals surface area contributed by atoms with Crippen LogP contribution in [0.5, 0.6) is 0 Å². The van der Waals surface area contributed by atoms with Crippen LogP contribution in [0.3, 0.4) is 0 Å². The number of amides is 1. The number of carbonyl (C=O) groups is 1. The molecule has 0 aliphatic carbocycles. The van der Waals surface area contributed by atoms with E-state index in [9.17, 15) is 9.90 Å². The Hall–Kier alpha value is -1.94. The van der Waals surface area contributed by atoms with E-state index in [0.29, 0.717) is 5.56 Å². The maximum absolute atomic E-state index is 12.2. The Morgan fingerprint density at radius 3 is 3.00 bits per heavy atom. The zero-order chi connectivity index (χ0) is 15.0. The number of nitrogens with zero attached hydrogens (tertiary/aromatic N) is 2. The quantitative estimate of drug-likeness (QED) is 0.710. The van der Waals surface area contributed by atoms with Gasteiger partial charge in [0.1, 0.15) is 12.3 Å². The lowest BCUT2D eigenvalue weighted by Crippen LogP contribution is -2.36. The molecule has 0 radical (unpaired) electrons. The Morgan fingerprint density at radius 1 is 1.60 bits per heavy atom. The molecule has 0 aliphatic heterocycles. The van der Waals surface area contributed by atoms with Gasteiger partial charge in [-0.25, -0.2) is 4.98 Å². The second kappa shape index (κ2) is 8.27. The highest BCUT2D eigenvalue weighted by Crippen LogP contribution is 2.07. The number of methoxy groups -OCH3 is 1. The van der Waals surface area contributed by atoms with Gasteiger partial charge >= 0.3 is 0 Å². The van der Waals surface area contributed by atoms with Crippen LogP contribution in [0.25, 0.3) is 0 Å². The standard InChI is InChI=1S/C14H18N2O4/c1-16(9-12(18)10-20-2)14(19)13-11(6-4-8-17)5-3-7-15-13/h3,5,7,12,17-18H,8-10H2,1-2H3. The van der Waals surface area contributed by atoms with Gasteiger partial charge in [0.25, 0.3) is 5.91 Å². The van der Waals surface area contributed by atoms with E-state index in [1.165, 1.54) is 18.2 Å². The van der Waals surface area contributed by atoms with E-state index in [0.717, 1.165) is 0 Å². The molecule has 0 aliphatic rings. The van der Waals surface area contributed by atoms with Gasteiger partial charge in [-0.2, -0.15) is 0 Å². The molecule has 0 spiro atoms. The average Bonchev–Trinajstić information content (AvgIpc) is 2.44. The molecule has 6 nitrogen and oxygen atoms in total. The highest BCUT2D eigenvalue weighted by Gasteiger charge is 2.18. The molecule has 2 N–H and O–H groups in total. The van der Waals surface area contributed by atoms with Gasteiger partial charge in [-0.15, -0.1) is 0 Å². The summed E-state index contributed by atoms with van der Waals surface area (Å²) in [6.45, 7) is -0.00194. The Balaban J connectivity index is 2.86. The van der Waals surface area contributed by atoms with Gasteiger partial charge in [0, 0.05) is 26.9 Å². The third-order valence-electron chi connectivity index (χ3n) is 2.50. The summed E-state index contributed by atoms with van der Waals surface area (Å²) in [5.41, 5.74) is 0.639. The SMILES string of the molecule is COCC(O)CN(C)C(=O)c1ncccc1C#CCO. The van der Waals surface area contributed by atoms with Gasteiger partial charge in [-0.05, 0) is 12.1 Å². The minimum absolute atomic E-state index is 0.135. The molecular formula is C14H18N2O4. The van der Waals surface area contributed by atoms with Crippen molar-refractivity contribution in [1.82, 2.24) is 9.88 Å². The van der Waals surface area contributed by atoms with Crippen LogP contribution in [0.15, 0.2) is 18.3 Å². The molecule has 1 unspecified atom stereocenters. The third kappa shape index (κ3) is 4.63. The Kier molecular flexibility index (Phi) is 6.67. The van der Waals surface area contributed by atoms with Gasteiger partial charge < -0.3 is 19.8 Å². The number of likely N-dealkylation sites (N-methyl/N-ethyl adjacent to an activating group) is 1. The van der Waals surface area contributed by atoms with E-state index in [1.54, 1.807) is 19.2 Å². The summed E-state index contributed by atoms with van der Waals surface area (Å²) in [5, 5.41) is 18.3. The van der Waals surface area contributed by atoms with E-state index < -0.39 is 6.10 Å². The van der Waals surface area contributed by atoms with E-state index in [-0.39, 0.29) is 31.4 Å². The number of pyridine rings is 1. The maximum atomic E-state index is 12.2. The molecular weight excluding hydrogens is 260 g/mol. The highest BCUT2D eigenvalue weighted by atomic mass is 16.5. The van der Waals surface area contributed by atoms with Crippen LogP contribution in [0.4, 0.5) is 0 Å². The van der Waals surface area contributed by atoms with Crippen molar-refractivity contribution in [3.05, 3.63) is 29.6 Å². The summed E-state index contributed by atoms with van der Waals surface area (Å²) < 4.78 is 4.81.